The van der Waals surface area contributed by atoms with Crippen LogP contribution in [0.15, 0.2) is 48.9 Å². The van der Waals surface area contributed by atoms with E-state index in [1.807, 2.05) is 30.3 Å². The summed E-state index contributed by atoms with van der Waals surface area (Å²) in [7, 11) is 1.77. The number of anilines is 1. The lowest BCUT2D eigenvalue weighted by Gasteiger charge is -2.41. The first-order valence-corrected chi connectivity index (χ1v) is 9.07. The summed E-state index contributed by atoms with van der Waals surface area (Å²) >= 11 is 0. The van der Waals surface area contributed by atoms with Crippen molar-refractivity contribution in [1.82, 2.24) is 14.9 Å². The minimum Gasteiger partial charge on any atom is -0.386 e. The van der Waals surface area contributed by atoms with Gasteiger partial charge >= 0.3 is 0 Å². The van der Waals surface area contributed by atoms with Gasteiger partial charge in [-0.05, 0) is 43.0 Å². The van der Waals surface area contributed by atoms with Gasteiger partial charge in [0.2, 0.25) is 5.91 Å². The largest absolute Gasteiger partial charge is 0.386 e. The van der Waals surface area contributed by atoms with Crippen molar-refractivity contribution in [2.24, 2.45) is 0 Å². The summed E-state index contributed by atoms with van der Waals surface area (Å²) in [6.07, 6.45) is 7.92. The van der Waals surface area contributed by atoms with Crippen molar-refractivity contribution in [3.05, 3.63) is 54.5 Å². The number of aryl methyl sites for hydroxylation is 1. The van der Waals surface area contributed by atoms with Crippen LogP contribution in [0, 0.1) is 0 Å². The predicted molar refractivity (Wildman–Crippen MR) is 101 cm³/mol. The van der Waals surface area contributed by atoms with Crippen molar-refractivity contribution in [2.45, 2.75) is 31.3 Å². The van der Waals surface area contributed by atoms with E-state index >= 15 is 0 Å². The molecule has 1 saturated heterocycles. The first-order chi connectivity index (χ1) is 12.6. The Bertz CT molecular complexity index is 710. The van der Waals surface area contributed by atoms with Crippen LogP contribution in [0.1, 0.15) is 24.8 Å². The number of β-amino-alcohol motifs (C(OH)–C–C–N with tert-alkyl or cyclic N) is 1. The fourth-order valence-electron chi connectivity index (χ4n) is 3.50. The molecule has 1 aliphatic rings. The molecular formula is C20H26N4O2. The van der Waals surface area contributed by atoms with Gasteiger partial charge in [-0.1, -0.05) is 12.1 Å². The van der Waals surface area contributed by atoms with E-state index in [9.17, 15) is 9.90 Å². The van der Waals surface area contributed by atoms with Gasteiger partial charge in [0.15, 0.2) is 0 Å². The van der Waals surface area contributed by atoms with E-state index in [1.165, 1.54) is 0 Å². The van der Waals surface area contributed by atoms with Gasteiger partial charge in [0.05, 0.1) is 12.1 Å². The standard InChI is InChI=1S/C20H26N4O2/c1-23(19(25)9-8-17-6-4-11-21-14-17)15-20(26)10-5-13-24(16-20)18-7-2-3-12-22-18/h2-4,6-7,11-12,14,26H,5,8-10,13,15-16H2,1H3/t20-/m0/s1. The summed E-state index contributed by atoms with van der Waals surface area (Å²) in [6, 6.07) is 9.63. The molecule has 1 N–H and O–H groups in total. The fourth-order valence-corrected chi connectivity index (χ4v) is 3.50. The van der Waals surface area contributed by atoms with E-state index in [0.717, 1.165) is 24.3 Å². The third-order valence-electron chi connectivity index (χ3n) is 4.84. The smallest absolute Gasteiger partial charge is 0.222 e. The number of nitrogens with zero attached hydrogens (tertiary/aromatic N) is 4. The van der Waals surface area contributed by atoms with E-state index in [1.54, 1.807) is 30.5 Å². The van der Waals surface area contributed by atoms with Gasteiger partial charge in [0.25, 0.3) is 0 Å². The number of hydrogen-bond acceptors (Lipinski definition) is 5. The Hall–Kier alpha value is -2.47. The van der Waals surface area contributed by atoms with Gasteiger partial charge in [0.1, 0.15) is 5.82 Å². The second kappa shape index (κ2) is 8.27. The maximum Gasteiger partial charge on any atom is 0.222 e. The van der Waals surface area contributed by atoms with Crippen LogP contribution < -0.4 is 4.90 Å². The zero-order valence-electron chi connectivity index (χ0n) is 15.2. The SMILES string of the molecule is CN(C[C@@]1(O)CCCN(c2ccccn2)C1)C(=O)CCc1cccnc1. The Morgan fingerprint density at radius 1 is 1.31 bits per heavy atom. The van der Waals surface area contributed by atoms with Crippen LogP contribution in [0.25, 0.3) is 0 Å². The van der Waals surface area contributed by atoms with E-state index in [4.69, 9.17) is 0 Å². The van der Waals surface area contributed by atoms with Crippen LogP contribution in [0.3, 0.4) is 0 Å². The lowest BCUT2D eigenvalue weighted by molar-refractivity contribution is -0.133. The minimum absolute atomic E-state index is 0.0391. The third-order valence-corrected chi connectivity index (χ3v) is 4.84. The van der Waals surface area contributed by atoms with Crippen LogP contribution in [0.5, 0.6) is 0 Å². The minimum atomic E-state index is -0.908. The highest BCUT2D eigenvalue weighted by Gasteiger charge is 2.35. The quantitative estimate of drug-likeness (QED) is 0.858. The maximum atomic E-state index is 12.5. The first kappa shape index (κ1) is 18.3. The molecule has 0 bridgehead atoms. The molecule has 1 atom stereocenters. The number of carbonyl (C=O) groups excluding carboxylic acids is 1. The number of pyridine rings is 2. The zero-order chi connectivity index (χ0) is 18.4. The van der Waals surface area contributed by atoms with Gasteiger partial charge in [-0.2, -0.15) is 0 Å². The summed E-state index contributed by atoms with van der Waals surface area (Å²) in [4.78, 5) is 24.6. The second-order valence-corrected chi connectivity index (χ2v) is 7.05. The van der Waals surface area contributed by atoms with Gasteiger partial charge in [-0.3, -0.25) is 9.78 Å². The Labute approximate surface area is 154 Å². The van der Waals surface area contributed by atoms with Crippen molar-refractivity contribution in [3.63, 3.8) is 0 Å². The van der Waals surface area contributed by atoms with Crippen molar-refractivity contribution in [3.8, 4) is 0 Å². The van der Waals surface area contributed by atoms with Crippen molar-refractivity contribution in [1.29, 1.82) is 0 Å². The topological polar surface area (TPSA) is 69.6 Å². The molecule has 0 aliphatic carbocycles. The molecule has 0 radical (unpaired) electrons. The average molecular weight is 354 g/mol. The molecule has 0 spiro atoms. The Balaban J connectivity index is 1.55. The molecule has 26 heavy (non-hydrogen) atoms. The number of amides is 1. The highest BCUT2D eigenvalue weighted by molar-refractivity contribution is 5.76. The number of hydrogen-bond donors (Lipinski definition) is 1. The molecule has 1 amide bonds. The summed E-state index contributed by atoms with van der Waals surface area (Å²) in [6.45, 7) is 1.70. The monoisotopic (exact) mass is 354 g/mol. The van der Waals surface area contributed by atoms with Crippen molar-refractivity contribution in [2.75, 3.05) is 31.6 Å². The molecule has 0 saturated carbocycles. The van der Waals surface area contributed by atoms with Gasteiger partial charge in [-0.15, -0.1) is 0 Å². The third kappa shape index (κ3) is 4.79. The Kier molecular flexibility index (Phi) is 5.83. The average Bonchev–Trinajstić information content (AvgIpc) is 2.67. The summed E-state index contributed by atoms with van der Waals surface area (Å²) in [5.74, 6) is 0.911. The number of likely N-dealkylation sites (N-methyl/N-ethyl adjacent to an activating group) is 1. The van der Waals surface area contributed by atoms with E-state index in [-0.39, 0.29) is 5.91 Å². The van der Waals surface area contributed by atoms with Gasteiger partial charge < -0.3 is 14.9 Å². The molecule has 0 unspecified atom stereocenters. The van der Waals surface area contributed by atoms with Crippen LogP contribution in [-0.4, -0.2) is 58.2 Å². The van der Waals surface area contributed by atoms with Crippen LogP contribution in [-0.2, 0) is 11.2 Å². The normalized spacial score (nSPS) is 20.0. The second-order valence-electron chi connectivity index (χ2n) is 7.05. The molecule has 1 aliphatic heterocycles. The van der Waals surface area contributed by atoms with Gasteiger partial charge in [-0.25, -0.2) is 4.98 Å². The molecule has 2 aromatic rings. The number of carbonyl (C=O) groups is 1. The number of aromatic nitrogens is 2. The van der Waals surface area contributed by atoms with Crippen molar-refractivity contribution >= 4 is 11.7 Å². The van der Waals surface area contributed by atoms with Crippen LogP contribution in [0.2, 0.25) is 0 Å². The van der Waals surface area contributed by atoms with Crippen LogP contribution >= 0.6 is 0 Å². The lowest BCUT2D eigenvalue weighted by Crippen LogP contribution is -2.54. The molecule has 0 aromatic carbocycles. The molecule has 6 heteroatoms. The van der Waals surface area contributed by atoms with Crippen molar-refractivity contribution < 1.29 is 9.90 Å². The fraction of sp³-hybridized carbons (Fsp3) is 0.450. The molecule has 2 aromatic heterocycles. The highest BCUT2D eigenvalue weighted by Crippen LogP contribution is 2.25. The Morgan fingerprint density at radius 2 is 2.19 bits per heavy atom. The molecule has 138 valence electrons. The molecule has 1 fully saturated rings. The van der Waals surface area contributed by atoms with E-state index in [0.29, 0.717) is 32.4 Å². The highest BCUT2D eigenvalue weighted by atomic mass is 16.3. The Morgan fingerprint density at radius 3 is 2.92 bits per heavy atom. The van der Waals surface area contributed by atoms with Gasteiger partial charge in [0, 0.05) is 45.1 Å². The predicted octanol–water partition coefficient (Wildman–Crippen LogP) is 1.90. The summed E-state index contributed by atoms with van der Waals surface area (Å²) in [5.41, 5.74) is 0.140. The molecule has 3 rings (SSSR count). The van der Waals surface area contributed by atoms with E-state index in [2.05, 4.69) is 14.9 Å². The molecule has 6 nitrogen and oxygen atoms in total. The number of aliphatic hydroxyl groups is 1. The van der Waals surface area contributed by atoms with E-state index < -0.39 is 5.60 Å². The van der Waals surface area contributed by atoms with Crippen LogP contribution in [0.4, 0.5) is 5.82 Å². The molecule has 3 heterocycles. The lowest BCUT2D eigenvalue weighted by atomic mass is 9.92. The summed E-state index contributed by atoms with van der Waals surface area (Å²) < 4.78 is 0. The summed E-state index contributed by atoms with van der Waals surface area (Å²) in [5, 5.41) is 11.0. The molecular weight excluding hydrogens is 328 g/mol. The number of piperidine rings is 1. The first-order valence-electron chi connectivity index (χ1n) is 9.07. The zero-order valence-corrected chi connectivity index (χ0v) is 15.2. The maximum absolute atomic E-state index is 12.5. The number of rotatable bonds is 6.